The lowest BCUT2D eigenvalue weighted by atomic mass is 10.2. The molecule has 6 nitrogen and oxygen atoms in total. The topological polar surface area (TPSA) is 81.4 Å². The number of fused-ring (bicyclic) bond motifs is 1. The van der Waals surface area contributed by atoms with Gasteiger partial charge in [0.1, 0.15) is 11.1 Å². The molecule has 1 N–H and O–H groups in total. The van der Waals surface area contributed by atoms with E-state index in [2.05, 4.69) is 10.3 Å². The third-order valence-corrected chi connectivity index (χ3v) is 3.19. The summed E-state index contributed by atoms with van der Waals surface area (Å²) < 4.78 is 10.6. The lowest BCUT2D eigenvalue weighted by Crippen LogP contribution is -2.14. The normalized spacial score (nSPS) is 10.5. The molecule has 23 heavy (non-hydrogen) atoms. The van der Waals surface area contributed by atoms with Crippen LogP contribution in [0.3, 0.4) is 0 Å². The Hall–Kier alpha value is -3.15. The number of ether oxygens (including phenoxy) is 1. The average molecular weight is 310 g/mol. The lowest BCUT2D eigenvalue weighted by Gasteiger charge is -2.05. The van der Waals surface area contributed by atoms with E-state index in [1.807, 2.05) is 6.07 Å². The van der Waals surface area contributed by atoms with Crippen molar-refractivity contribution in [1.29, 1.82) is 0 Å². The first-order valence-electron chi connectivity index (χ1n) is 7.11. The third-order valence-electron chi connectivity index (χ3n) is 3.19. The van der Waals surface area contributed by atoms with Gasteiger partial charge in [-0.15, -0.1) is 0 Å². The number of rotatable bonds is 4. The molecule has 0 spiro atoms. The molecule has 2 aromatic heterocycles. The summed E-state index contributed by atoms with van der Waals surface area (Å²) in [6.45, 7) is 1.92. The lowest BCUT2D eigenvalue weighted by molar-refractivity contribution is 0.0529. The summed E-state index contributed by atoms with van der Waals surface area (Å²) in [5.41, 5.74) is 1.33. The highest BCUT2D eigenvalue weighted by atomic mass is 16.5. The first kappa shape index (κ1) is 14.8. The van der Waals surface area contributed by atoms with Crippen LogP contribution in [-0.4, -0.2) is 23.5 Å². The van der Waals surface area contributed by atoms with E-state index in [9.17, 15) is 9.59 Å². The minimum Gasteiger partial charge on any atom is -0.462 e. The van der Waals surface area contributed by atoms with Crippen molar-refractivity contribution in [3.63, 3.8) is 0 Å². The second kappa shape index (κ2) is 6.31. The monoisotopic (exact) mass is 310 g/mol. The molecule has 116 valence electrons. The Morgan fingerprint density at radius 3 is 2.70 bits per heavy atom. The van der Waals surface area contributed by atoms with Gasteiger partial charge in [-0.3, -0.25) is 15.1 Å². The van der Waals surface area contributed by atoms with Gasteiger partial charge >= 0.3 is 5.97 Å². The molecule has 0 bridgehead atoms. The number of carbonyl (C=O) groups is 2. The number of nitrogens with one attached hydrogen (secondary N) is 1. The average Bonchev–Trinajstić information content (AvgIpc) is 2.93. The predicted molar refractivity (Wildman–Crippen MR) is 84.4 cm³/mol. The van der Waals surface area contributed by atoms with Crippen molar-refractivity contribution in [2.24, 2.45) is 0 Å². The van der Waals surface area contributed by atoms with E-state index in [0.717, 1.165) is 0 Å². The second-order valence-electron chi connectivity index (χ2n) is 4.70. The Balaban J connectivity index is 2.01. The molecule has 0 atom stereocenters. The van der Waals surface area contributed by atoms with Gasteiger partial charge in [-0.2, -0.15) is 0 Å². The van der Waals surface area contributed by atoms with Gasteiger partial charge in [0.05, 0.1) is 6.61 Å². The number of pyridine rings is 1. The van der Waals surface area contributed by atoms with Gasteiger partial charge in [0.2, 0.25) is 5.88 Å². The third kappa shape index (κ3) is 2.91. The molecule has 0 fully saturated rings. The molecule has 3 rings (SSSR count). The number of esters is 1. The summed E-state index contributed by atoms with van der Waals surface area (Å²) in [4.78, 5) is 28.6. The highest BCUT2D eigenvalue weighted by Gasteiger charge is 2.24. The number of hydrogen-bond donors (Lipinski definition) is 1. The van der Waals surface area contributed by atoms with E-state index >= 15 is 0 Å². The summed E-state index contributed by atoms with van der Waals surface area (Å²) >= 11 is 0. The molecule has 0 unspecified atom stereocenters. The van der Waals surface area contributed by atoms with Crippen molar-refractivity contribution in [3.05, 3.63) is 59.8 Å². The van der Waals surface area contributed by atoms with Gasteiger partial charge < -0.3 is 9.15 Å². The fourth-order valence-electron chi connectivity index (χ4n) is 2.17. The molecule has 6 heteroatoms. The van der Waals surface area contributed by atoms with E-state index in [0.29, 0.717) is 16.7 Å². The molecule has 2 heterocycles. The van der Waals surface area contributed by atoms with Gasteiger partial charge in [0.25, 0.3) is 5.91 Å². The van der Waals surface area contributed by atoms with Crippen molar-refractivity contribution in [3.8, 4) is 0 Å². The maximum absolute atomic E-state index is 12.3. The number of benzene rings is 1. The van der Waals surface area contributed by atoms with Gasteiger partial charge in [-0.05, 0) is 31.2 Å². The van der Waals surface area contributed by atoms with E-state index in [4.69, 9.17) is 9.15 Å². The van der Waals surface area contributed by atoms with Crippen LogP contribution in [0.4, 0.5) is 5.88 Å². The van der Waals surface area contributed by atoms with Crippen LogP contribution in [-0.2, 0) is 4.74 Å². The zero-order valence-electron chi connectivity index (χ0n) is 12.4. The van der Waals surface area contributed by atoms with Gasteiger partial charge in [-0.1, -0.05) is 18.2 Å². The van der Waals surface area contributed by atoms with Crippen molar-refractivity contribution in [2.75, 3.05) is 11.9 Å². The molecular weight excluding hydrogens is 296 g/mol. The number of carbonyl (C=O) groups excluding carboxylic acids is 2. The maximum atomic E-state index is 12.3. The molecule has 0 saturated heterocycles. The first-order valence-corrected chi connectivity index (χ1v) is 7.11. The van der Waals surface area contributed by atoms with Crippen molar-refractivity contribution >= 4 is 28.9 Å². The Morgan fingerprint density at radius 1 is 1.17 bits per heavy atom. The highest BCUT2D eigenvalue weighted by Crippen LogP contribution is 2.29. The molecule has 0 saturated carbocycles. The quantitative estimate of drug-likeness (QED) is 0.748. The maximum Gasteiger partial charge on any atom is 0.345 e. The number of hydrogen-bond acceptors (Lipinski definition) is 5. The summed E-state index contributed by atoms with van der Waals surface area (Å²) in [5, 5.41) is 2.61. The fourth-order valence-corrected chi connectivity index (χ4v) is 2.17. The van der Waals surface area contributed by atoms with Crippen LogP contribution >= 0.6 is 0 Å². The van der Waals surface area contributed by atoms with E-state index in [1.54, 1.807) is 49.5 Å². The van der Waals surface area contributed by atoms with Gasteiger partial charge in [0.15, 0.2) is 5.58 Å². The van der Waals surface area contributed by atoms with Crippen LogP contribution in [0.2, 0.25) is 0 Å². The van der Waals surface area contributed by atoms with Gasteiger partial charge in [-0.25, -0.2) is 4.79 Å². The van der Waals surface area contributed by atoms with E-state index in [1.165, 1.54) is 0 Å². The minimum atomic E-state index is -0.590. The van der Waals surface area contributed by atoms with E-state index in [-0.39, 0.29) is 24.0 Å². The molecule has 0 aliphatic heterocycles. The van der Waals surface area contributed by atoms with Crippen LogP contribution in [0.1, 0.15) is 27.6 Å². The van der Waals surface area contributed by atoms with Crippen molar-refractivity contribution in [2.45, 2.75) is 6.92 Å². The van der Waals surface area contributed by atoms with E-state index < -0.39 is 5.97 Å². The summed E-state index contributed by atoms with van der Waals surface area (Å²) in [5.74, 6) is -0.936. The fraction of sp³-hybridized carbons (Fsp3) is 0.118. The van der Waals surface area contributed by atoms with Crippen LogP contribution in [0, 0.1) is 0 Å². The van der Waals surface area contributed by atoms with Crippen LogP contribution in [0.25, 0.3) is 11.1 Å². The van der Waals surface area contributed by atoms with Crippen LogP contribution in [0.15, 0.2) is 53.1 Å². The Labute approximate surface area is 132 Å². The first-order chi connectivity index (χ1) is 11.2. The zero-order chi connectivity index (χ0) is 16.2. The largest absolute Gasteiger partial charge is 0.462 e. The van der Waals surface area contributed by atoms with Gasteiger partial charge in [0, 0.05) is 11.8 Å². The number of nitrogens with zero attached hydrogens (tertiary/aromatic N) is 1. The molecule has 0 radical (unpaired) electrons. The molecule has 3 aromatic rings. The smallest absolute Gasteiger partial charge is 0.345 e. The highest BCUT2D eigenvalue weighted by molar-refractivity contribution is 6.11. The number of aromatic nitrogens is 1. The zero-order valence-corrected chi connectivity index (χ0v) is 12.4. The summed E-state index contributed by atoms with van der Waals surface area (Å²) in [7, 11) is 0. The number of furan rings is 1. The number of anilines is 1. The molecule has 0 aliphatic rings. The summed E-state index contributed by atoms with van der Waals surface area (Å²) in [6, 6.07) is 12.0. The van der Waals surface area contributed by atoms with Crippen LogP contribution < -0.4 is 5.32 Å². The Morgan fingerprint density at radius 2 is 1.96 bits per heavy atom. The number of amides is 1. The minimum absolute atomic E-state index is 0.0333. The molecular formula is C17H14N2O4. The summed E-state index contributed by atoms with van der Waals surface area (Å²) in [6.07, 6.45) is 1.55. The van der Waals surface area contributed by atoms with Crippen molar-refractivity contribution < 1.29 is 18.7 Å². The molecule has 1 amide bonds. The Kier molecular flexibility index (Phi) is 4.05. The van der Waals surface area contributed by atoms with Crippen LogP contribution in [0.5, 0.6) is 0 Å². The standard InChI is InChI=1S/C17H14N2O4/c1-2-22-17(21)13-14-12(9-6-10-18-14)23-16(13)19-15(20)11-7-4-3-5-8-11/h3-10H,2H2,1H3,(H,19,20). The predicted octanol–water partition coefficient (Wildman–Crippen LogP) is 3.26. The second-order valence-corrected chi connectivity index (χ2v) is 4.70. The Bertz CT molecular complexity index is 855. The molecule has 1 aromatic carbocycles. The SMILES string of the molecule is CCOC(=O)c1c(NC(=O)c2ccccc2)oc2cccnc12. The van der Waals surface area contributed by atoms with Crippen molar-refractivity contribution in [1.82, 2.24) is 4.98 Å². The molecule has 0 aliphatic carbocycles.